The van der Waals surface area contributed by atoms with Crippen molar-refractivity contribution in [3.8, 4) is 5.75 Å². The number of rotatable bonds is 6. The number of benzene rings is 2. The smallest absolute Gasteiger partial charge is 0.274 e. The summed E-state index contributed by atoms with van der Waals surface area (Å²) in [6, 6.07) is 16.8. The van der Waals surface area contributed by atoms with Crippen molar-refractivity contribution in [3.63, 3.8) is 0 Å². The van der Waals surface area contributed by atoms with Gasteiger partial charge in [0.1, 0.15) is 11.4 Å². The number of nitrogens with one attached hydrogen (secondary N) is 2. The summed E-state index contributed by atoms with van der Waals surface area (Å²) in [7, 11) is 0. The molecule has 0 bridgehead atoms. The maximum Gasteiger partial charge on any atom is 0.274 e. The van der Waals surface area contributed by atoms with Gasteiger partial charge in [0.2, 0.25) is 5.95 Å². The molecule has 0 radical (unpaired) electrons. The Balaban J connectivity index is 1.77. The van der Waals surface area contributed by atoms with Crippen LogP contribution in [0.25, 0.3) is 0 Å². The maximum absolute atomic E-state index is 12.6. The molecule has 0 aliphatic heterocycles. The van der Waals surface area contributed by atoms with Crippen LogP contribution in [0.15, 0.2) is 54.6 Å². The Morgan fingerprint density at radius 2 is 1.78 bits per heavy atom. The number of anilines is 3. The molecule has 0 atom stereocenters. The highest BCUT2D eigenvalue weighted by molar-refractivity contribution is 6.03. The molecule has 3 aromatic rings. The average molecular weight is 362 g/mol. The number of nitrogens with zero attached hydrogens (tertiary/aromatic N) is 2. The summed E-state index contributed by atoms with van der Waals surface area (Å²) in [5, 5.41) is 6.02. The first-order valence-corrected chi connectivity index (χ1v) is 8.77. The monoisotopic (exact) mass is 362 g/mol. The third-order valence-corrected chi connectivity index (χ3v) is 3.90. The van der Waals surface area contributed by atoms with Crippen LogP contribution in [0.1, 0.15) is 28.7 Å². The quantitative estimate of drug-likeness (QED) is 0.676. The Morgan fingerprint density at radius 1 is 1.04 bits per heavy atom. The lowest BCUT2D eigenvalue weighted by atomic mass is 10.2. The van der Waals surface area contributed by atoms with E-state index in [0.717, 1.165) is 22.7 Å². The second-order valence-corrected chi connectivity index (χ2v) is 6.07. The standard InChI is InChI=1S/C21H22N4O2/c1-4-27-17-11-9-16(10-12-17)23-21-22-15(3)13-19(25-21)20(26)24-18-8-6-5-7-14(18)2/h5-13H,4H2,1-3H3,(H,24,26)(H,22,23,25). The van der Waals surface area contributed by atoms with Crippen LogP contribution >= 0.6 is 0 Å². The van der Waals surface area contributed by atoms with E-state index in [1.165, 1.54) is 0 Å². The minimum absolute atomic E-state index is 0.274. The van der Waals surface area contributed by atoms with Crippen LogP contribution in [-0.4, -0.2) is 22.5 Å². The van der Waals surface area contributed by atoms with Crippen molar-refractivity contribution in [2.75, 3.05) is 17.2 Å². The minimum Gasteiger partial charge on any atom is -0.494 e. The van der Waals surface area contributed by atoms with Crippen LogP contribution in [0.2, 0.25) is 0 Å². The summed E-state index contributed by atoms with van der Waals surface area (Å²) in [5.74, 6) is 0.894. The fraction of sp³-hybridized carbons (Fsp3) is 0.190. The van der Waals surface area contributed by atoms with Gasteiger partial charge >= 0.3 is 0 Å². The lowest BCUT2D eigenvalue weighted by Gasteiger charge is -2.10. The van der Waals surface area contributed by atoms with E-state index < -0.39 is 0 Å². The molecule has 6 nitrogen and oxygen atoms in total. The molecule has 0 saturated heterocycles. The third-order valence-electron chi connectivity index (χ3n) is 3.90. The summed E-state index contributed by atoms with van der Waals surface area (Å²) in [4.78, 5) is 21.3. The Morgan fingerprint density at radius 3 is 2.48 bits per heavy atom. The van der Waals surface area contributed by atoms with Crippen LogP contribution in [0, 0.1) is 13.8 Å². The summed E-state index contributed by atoms with van der Waals surface area (Å²) < 4.78 is 5.44. The molecule has 0 spiro atoms. The topological polar surface area (TPSA) is 76.1 Å². The number of hydrogen-bond acceptors (Lipinski definition) is 5. The summed E-state index contributed by atoms with van der Waals surface area (Å²) in [5.41, 5.74) is 3.58. The lowest BCUT2D eigenvalue weighted by Crippen LogP contribution is -2.16. The predicted molar refractivity (Wildman–Crippen MR) is 107 cm³/mol. The van der Waals surface area contributed by atoms with Gasteiger partial charge in [-0.3, -0.25) is 4.79 Å². The largest absolute Gasteiger partial charge is 0.494 e. The van der Waals surface area contributed by atoms with Crippen LogP contribution < -0.4 is 15.4 Å². The normalized spacial score (nSPS) is 10.3. The highest BCUT2D eigenvalue weighted by Gasteiger charge is 2.12. The first-order valence-electron chi connectivity index (χ1n) is 8.77. The van der Waals surface area contributed by atoms with Gasteiger partial charge in [-0.15, -0.1) is 0 Å². The number of carbonyl (C=O) groups is 1. The van der Waals surface area contributed by atoms with Crippen molar-refractivity contribution < 1.29 is 9.53 Å². The van der Waals surface area contributed by atoms with Crippen molar-refractivity contribution in [3.05, 3.63) is 71.5 Å². The Hall–Kier alpha value is -3.41. The molecule has 2 aromatic carbocycles. The lowest BCUT2D eigenvalue weighted by molar-refractivity contribution is 0.102. The zero-order chi connectivity index (χ0) is 19.2. The van der Waals surface area contributed by atoms with Gasteiger partial charge in [0.15, 0.2) is 0 Å². The second-order valence-electron chi connectivity index (χ2n) is 6.07. The maximum atomic E-state index is 12.6. The van der Waals surface area contributed by atoms with E-state index in [-0.39, 0.29) is 5.91 Å². The Bertz CT molecular complexity index is 939. The number of carbonyl (C=O) groups excluding carboxylic acids is 1. The molecule has 0 aliphatic rings. The van der Waals surface area contributed by atoms with E-state index >= 15 is 0 Å². The van der Waals surface area contributed by atoms with E-state index in [1.807, 2.05) is 69.3 Å². The molecule has 27 heavy (non-hydrogen) atoms. The molecule has 0 fully saturated rings. The Labute approximate surface area is 158 Å². The zero-order valence-electron chi connectivity index (χ0n) is 15.6. The fourth-order valence-electron chi connectivity index (χ4n) is 2.57. The summed E-state index contributed by atoms with van der Waals surface area (Å²) >= 11 is 0. The van der Waals surface area contributed by atoms with Gasteiger partial charge in [0, 0.05) is 17.1 Å². The molecule has 138 valence electrons. The van der Waals surface area contributed by atoms with Crippen LogP contribution in [0.4, 0.5) is 17.3 Å². The van der Waals surface area contributed by atoms with E-state index in [0.29, 0.717) is 23.9 Å². The fourth-order valence-corrected chi connectivity index (χ4v) is 2.57. The number of amides is 1. The molecule has 3 rings (SSSR count). The molecule has 1 aromatic heterocycles. The van der Waals surface area contributed by atoms with E-state index in [4.69, 9.17) is 4.74 Å². The SMILES string of the molecule is CCOc1ccc(Nc2nc(C)cc(C(=O)Nc3ccccc3C)n2)cc1. The number of aryl methyl sites for hydroxylation is 2. The van der Waals surface area contributed by atoms with Crippen LogP contribution in [-0.2, 0) is 0 Å². The van der Waals surface area contributed by atoms with Gasteiger partial charge in [-0.1, -0.05) is 18.2 Å². The van der Waals surface area contributed by atoms with E-state index in [9.17, 15) is 4.79 Å². The van der Waals surface area contributed by atoms with Crippen molar-refractivity contribution >= 4 is 23.2 Å². The molecule has 1 heterocycles. The predicted octanol–water partition coefficient (Wildman–Crippen LogP) is 4.49. The van der Waals surface area contributed by atoms with E-state index in [2.05, 4.69) is 20.6 Å². The van der Waals surface area contributed by atoms with Gasteiger partial charge < -0.3 is 15.4 Å². The number of para-hydroxylation sites is 1. The van der Waals surface area contributed by atoms with Gasteiger partial charge in [-0.25, -0.2) is 9.97 Å². The highest BCUT2D eigenvalue weighted by Crippen LogP contribution is 2.19. The van der Waals surface area contributed by atoms with Gasteiger partial charge in [-0.2, -0.15) is 0 Å². The van der Waals surface area contributed by atoms with Crippen molar-refractivity contribution in [2.24, 2.45) is 0 Å². The van der Waals surface area contributed by atoms with E-state index in [1.54, 1.807) is 6.07 Å². The second kappa shape index (κ2) is 8.31. The van der Waals surface area contributed by atoms with Crippen molar-refractivity contribution in [1.29, 1.82) is 0 Å². The molecular formula is C21H22N4O2. The third kappa shape index (κ3) is 4.82. The molecule has 2 N–H and O–H groups in total. The molecular weight excluding hydrogens is 340 g/mol. The van der Waals surface area contributed by atoms with Gasteiger partial charge in [0.25, 0.3) is 5.91 Å². The number of ether oxygens (including phenoxy) is 1. The molecule has 0 aliphatic carbocycles. The number of hydrogen-bond donors (Lipinski definition) is 2. The first-order chi connectivity index (χ1) is 13.0. The first kappa shape index (κ1) is 18.4. The Kier molecular flexibility index (Phi) is 5.66. The number of aromatic nitrogens is 2. The van der Waals surface area contributed by atoms with Gasteiger partial charge in [-0.05, 0) is 62.7 Å². The van der Waals surface area contributed by atoms with Crippen molar-refractivity contribution in [1.82, 2.24) is 9.97 Å². The van der Waals surface area contributed by atoms with Crippen LogP contribution in [0.3, 0.4) is 0 Å². The van der Waals surface area contributed by atoms with Crippen LogP contribution in [0.5, 0.6) is 5.75 Å². The summed E-state index contributed by atoms with van der Waals surface area (Å²) in [6.45, 7) is 6.33. The highest BCUT2D eigenvalue weighted by atomic mass is 16.5. The minimum atomic E-state index is -0.274. The molecule has 0 unspecified atom stereocenters. The molecule has 1 amide bonds. The van der Waals surface area contributed by atoms with Crippen molar-refractivity contribution in [2.45, 2.75) is 20.8 Å². The average Bonchev–Trinajstić information content (AvgIpc) is 2.65. The zero-order valence-corrected chi connectivity index (χ0v) is 15.6. The molecule has 6 heteroatoms. The summed E-state index contributed by atoms with van der Waals surface area (Å²) in [6.07, 6.45) is 0. The van der Waals surface area contributed by atoms with Gasteiger partial charge in [0.05, 0.1) is 6.61 Å². The molecule has 0 saturated carbocycles.